The predicted octanol–water partition coefficient (Wildman–Crippen LogP) is 15.1. The second-order valence-corrected chi connectivity index (χ2v) is 27.8. The number of nitrogens with zero attached hydrogens (tertiary/aromatic N) is 3. The van der Waals surface area contributed by atoms with E-state index < -0.39 is 0 Å². The number of hydrogen-bond acceptors (Lipinski definition) is 1. The van der Waals surface area contributed by atoms with Crippen LogP contribution in [0.25, 0.3) is 71.6 Å². The van der Waals surface area contributed by atoms with Crippen LogP contribution in [0.4, 0.5) is 0 Å². The van der Waals surface area contributed by atoms with Gasteiger partial charge in [0.2, 0.25) is 6.71 Å². The molecular formula is C62H74BN3O. The molecule has 11 rings (SSSR count). The Labute approximate surface area is 399 Å². The van der Waals surface area contributed by atoms with E-state index in [4.69, 9.17) is 4.42 Å². The third-order valence-electron chi connectivity index (χ3n) is 15.5. The van der Waals surface area contributed by atoms with Crippen LogP contribution >= 0.6 is 0 Å². The zero-order valence-electron chi connectivity index (χ0n) is 44.5. The Kier molecular flexibility index (Phi) is 8.83. The van der Waals surface area contributed by atoms with Crippen LogP contribution in [0.2, 0.25) is 0 Å². The van der Waals surface area contributed by atoms with Gasteiger partial charge in [0.25, 0.3) is 0 Å². The summed E-state index contributed by atoms with van der Waals surface area (Å²) in [5.41, 5.74) is 25.8. The van der Waals surface area contributed by atoms with E-state index in [1.54, 1.807) is 0 Å². The molecule has 0 bridgehead atoms. The highest BCUT2D eigenvalue weighted by atomic mass is 16.3. The molecule has 0 atom stereocenters. The molecule has 0 amide bonds. The summed E-state index contributed by atoms with van der Waals surface area (Å²) in [5.74, 6) is 0. The number of benzene rings is 5. The first-order valence-electron chi connectivity index (χ1n) is 25.2. The Bertz CT molecular complexity index is 3730. The van der Waals surface area contributed by atoms with Crippen LogP contribution in [-0.2, 0) is 34.5 Å². The Hall–Kier alpha value is -5.16. The SMILES string of the molecule is Cc1cc(C(C)(C)C)cc(C)c1B1c2cc(C(C)(C)C)cc3oc4c5cc(C(C)(C)C)ccc5n5c6cc(CC(C)(C)C)c(CC(C)(C)C)c7c8cc(C(C)(C)C)cc9c1c(n(c98)c76)n(c23)c45. The van der Waals surface area contributed by atoms with Gasteiger partial charge in [0.15, 0.2) is 16.8 Å². The molecule has 0 unspecified atom stereocenters. The van der Waals surface area contributed by atoms with E-state index in [0.29, 0.717) is 0 Å². The molecule has 5 heteroatoms. The van der Waals surface area contributed by atoms with Crippen molar-refractivity contribution in [2.24, 2.45) is 10.8 Å². The Morgan fingerprint density at radius 3 is 1.60 bits per heavy atom. The highest BCUT2D eigenvalue weighted by Crippen LogP contribution is 2.48. The highest BCUT2D eigenvalue weighted by molar-refractivity contribution is 7.00. The number of fused-ring (bicyclic) bond motifs is 6. The molecule has 4 nitrogen and oxygen atoms in total. The minimum atomic E-state index is -0.115. The van der Waals surface area contributed by atoms with Crippen molar-refractivity contribution < 1.29 is 4.42 Å². The van der Waals surface area contributed by atoms with Crippen LogP contribution in [0.15, 0.2) is 65.1 Å². The quantitative estimate of drug-likeness (QED) is 0.162. The first-order valence-corrected chi connectivity index (χ1v) is 25.2. The zero-order chi connectivity index (χ0) is 48.4. The van der Waals surface area contributed by atoms with Gasteiger partial charge in [-0.05, 0) is 145 Å². The van der Waals surface area contributed by atoms with E-state index in [9.17, 15) is 0 Å². The van der Waals surface area contributed by atoms with Gasteiger partial charge < -0.3 is 4.42 Å². The lowest BCUT2D eigenvalue weighted by Gasteiger charge is -2.30. The summed E-state index contributed by atoms with van der Waals surface area (Å²) in [5, 5.41) is 5.37. The van der Waals surface area contributed by atoms with Gasteiger partial charge in [-0.2, -0.15) is 0 Å². The summed E-state index contributed by atoms with van der Waals surface area (Å²) < 4.78 is 15.7. The lowest BCUT2D eigenvalue weighted by molar-refractivity contribution is 0.394. The molecule has 5 aromatic heterocycles. The van der Waals surface area contributed by atoms with E-state index >= 15 is 0 Å². The van der Waals surface area contributed by atoms with Crippen LogP contribution in [0.3, 0.4) is 0 Å². The molecule has 6 heterocycles. The summed E-state index contributed by atoms with van der Waals surface area (Å²) in [6.07, 6.45) is 1.97. The maximum absolute atomic E-state index is 7.66. The third kappa shape index (κ3) is 6.37. The fraction of sp³-hybridized carbons (Fsp3) is 0.452. The average molecular weight is 888 g/mol. The van der Waals surface area contributed by atoms with Crippen molar-refractivity contribution in [3.05, 3.63) is 105 Å². The van der Waals surface area contributed by atoms with Crippen molar-refractivity contribution in [1.29, 1.82) is 0 Å². The number of aromatic nitrogens is 3. The van der Waals surface area contributed by atoms with Gasteiger partial charge in [0.05, 0.1) is 27.6 Å². The minimum absolute atomic E-state index is 0.0290. The maximum Gasteiger partial charge on any atom is 0.250 e. The summed E-state index contributed by atoms with van der Waals surface area (Å²) in [6, 6.07) is 25.0. The van der Waals surface area contributed by atoms with Crippen LogP contribution < -0.4 is 16.4 Å². The predicted molar refractivity (Wildman–Crippen MR) is 292 cm³/mol. The molecule has 346 valence electrons. The van der Waals surface area contributed by atoms with E-state index in [0.717, 1.165) is 29.7 Å². The van der Waals surface area contributed by atoms with Gasteiger partial charge in [-0.25, -0.2) is 0 Å². The normalized spacial score (nSPS) is 14.7. The summed E-state index contributed by atoms with van der Waals surface area (Å²) >= 11 is 0. The lowest BCUT2D eigenvalue weighted by Crippen LogP contribution is -2.57. The van der Waals surface area contributed by atoms with Gasteiger partial charge in [0, 0.05) is 16.2 Å². The van der Waals surface area contributed by atoms with Crippen LogP contribution in [0.1, 0.15) is 169 Å². The highest BCUT2D eigenvalue weighted by Gasteiger charge is 2.42. The van der Waals surface area contributed by atoms with Crippen molar-refractivity contribution in [3.63, 3.8) is 0 Å². The minimum Gasteiger partial charge on any atom is -0.451 e. The molecule has 0 fully saturated rings. The molecule has 67 heavy (non-hydrogen) atoms. The van der Waals surface area contributed by atoms with E-state index in [1.165, 1.54) is 116 Å². The van der Waals surface area contributed by atoms with Crippen LogP contribution in [0, 0.1) is 24.7 Å². The molecular weight excluding hydrogens is 814 g/mol. The van der Waals surface area contributed by atoms with E-state index in [2.05, 4.69) is 212 Å². The smallest absolute Gasteiger partial charge is 0.250 e. The number of rotatable bonds is 3. The van der Waals surface area contributed by atoms with Gasteiger partial charge in [-0.3, -0.25) is 13.2 Å². The van der Waals surface area contributed by atoms with Crippen molar-refractivity contribution in [3.8, 4) is 0 Å². The molecule has 5 aromatic carbocycles. The largest absolute Gasteiger partial charge is 0.451 e. The van der Waals surface area contributed by atoms with Gasteiger partial charge >= 0.3 is 0 Å². The molecule has 0 spiro atoms. The molecule has 0 saturated carbocycles. The topological polar surface area (TPSA) is 26.4 Å². The summed E-state index contributed by atoms with van der Waals surface area (Å²) in [7, 11) is 0. The third-order valence-corrected chi connectivity index (χ3v) is 15.5. The van der Waals surface area contributed by atoms with Crippen molar-refractivity contribution in [1.82, 2.24) is 13.2 Å². The second kappa shape index (κ2) is 13.3. The average Bonchev–Trinajstić information content (AvgIpc) is 3.78. The maximum atomic E-state index is 7.66. The van der Waals surface area contributed by atoms with E-state index in [1.807, 2.05) is 0 Å². The molecule has 1 aliphatic rings. The zero-order valence-corrected chi connectivity index (χ0v) is 44.5. The lowest BCUT2D eigenvalue weighted by atomic mass is 9.34. The molecule has 10 aromatic rings. The molecule has 0 N–H and O–H groups in total. The monoisotopic (exact) mass is 888 g/mol. The molecule has 0 aliphatic carbocycles. The summed E-state index contributed by atoms with van der Waals surface area (Å²) in [4.78, 5) is 0. The second-order valence-electron chi connectivity index (χ2n) is 27.8. The Morgan fingerprint density at radius 1 is 0.463 bits per heavy atom. The fourth-order valence-corrected chi connectivity index (χ4v) is 12.3. The standard InChI is InChI=1S/C62H74BN3O/c1-33-23-37(60(12,13)14)24-34(2)49(33)63-44-29-39(62(18,19)20)30-47-52(44)66-55-50(63)42-28-38(61(15,16)17)27-41-48-43(32-58(6,7)8)35(31-57(3,4)5)25-46(53(48)65(55)51(41)42)64-45-22-21-36(59(9,10)11)26-40(45)54(67-47)56(64)66/h21-30H,31-32H2,1-20H3. The van der Waals surface area contributed by atoms with Crippen LogP contribution in [0.5, 0.6) is 0 Å². The van der Waals surface area contributed by atoms with Crippen LogP contribution in [-0.4, -0.2) is 19.9 Å². The van der Waals surface area contributed by atoms with Gasteiger partial charge in [-0.15, -0.1) is 0 Å². The first-order chi connectivity index (χ1) is 30.8. The van der Waals surface area contributed by atoms with Gasteiger partial charge in [-0.1, -0.05) is 165 Å². The Balaban J connectivity index is 1.51. The van der Waals surface area contributed by atoms with Crippen molar-refractivity contribution >= 4 is 94.7 Å². The van der Waals surface area contributed by atoms with Crippen molar-refractivity contribution in [2.45, 2.75) is 173 Å². The number of aryl methyl sites for hydroxylation is 2. The Morgan fingerprint density at radius 2 is 1.01 bits per heavy atom. The molecule has 0 radical (unpaired) electrons. The van der Waals surface area contributed by atoms with Gasteiger partial charge in [0.1, 0.15) is 5.65 Å². The molecule has 0 saturated heterocycles. The number of hydrogen-bond donors (Lipinski definition) is 0. The molecule has 1 aliphatic heterocycles. The van der Waals surface area contributed by atoms with Crippen molar-refractivity contribution in [2.75, 3.05) is 0 Å². The first kappa shape index (κ1) is 44.4. The summed E-state index contributed by atoms with van der Waals surface area (Å²) in [6.45, 7) is 47.5. The van der Waals surface area contributed by atoms with E-state index in [-0.39, 0.29) is 39.2 Å². The fourth-order valence-electron chi connectivity index (χ4n) is 12.3.